The second-order valence-corrected chi connectivity index (χ2v) is 4.37. The van der Waals surface area contributed by atoms with E-state index in [1.807, 2.05) is 0 Å². The number of amides is 1. The molecule has 6 nitrogen and oxygen atoms in total. The number of hydrazine groups is 1. The predicted molar refractivity (Wildman–Crippen MR) is 62.8 cm³/mol. The summed E-state index contributed by atoms with van der Waals surface area (Å²) in [5, 5.41) is 0. The van der Waals surface area contributed by atoms with Gasteiger partial charge in [-0.1, -0.05) is 0 Å². The fourth-order valence-electron chi connectivity index (χ4n) is 2.21. The number of rotatable bonds is 4. The average molecular weight is 238 g/mol. The monoisotopic (exact) mass is 238 g/mol. The van der Waals surface area contributed by atoms with Crippen molar-refractivity contribution in [2.75, 3.05) is 19.6 Å². The first kappa shape index (κ1) is 12.1. The van der Waals surface area contributed by atoms with E-state index in [0.29, 0.717) is 18.2 Å². The normalized spacial score (nSPS) is 20.7. The van der Waals surface area contributed by atoms with Crippen molar-refractivity contribution in [2.45, 2.75) is 13.0 Å². The van der Waals surface area contributed by atoms with Gasteiger partial charge in [0.2, 0.25) is 0 Å². The molecule has 94 valence electrons. The minimum absolute atomic E-state index is 0.295. The summed E-state index contributed by atoms with van der Waals surface area (Å²) in [5.41, 5.74) is 8.59. The van der Waals surface area contributed by atoms with E-state index in [4.69, 9.17) is 16.0 Å². The van der Waals surface area contributed by atoms with Crippen LogP contribution in [0.4, 0.5) is 0 Å². The molecule has 17 heavy (non-hydrogen) atoms. The number of carbonyl (C=O) groups excluding carboxylic acids is 1. The molecule has 1 fully saturated rings. The summed E-state index contributed by atoms with van der Waals surface area (Å²) in [7, 11) is 0. The van der Waals surface area contributed by atoms with Crippen LogP contribution in [-0.4, -0.2) is 30.4 Å². The van der Waals surface area contributed by atoms with Crippen molar-refractivity contribution in [2.24, 2.45) is 17.5 Å². The van der Waals surface area contributed by atoms with Gasteiger partial charge < -0.3 is 10.2 Å². The Kier molecular flexibility index (Phi) is 3.78. The first-order valence-corrected chi connectivity index (χ1v) is 5.74. The van der Waals surface area contributed by atoms with Crippen LogP contribution >= 0.6 is 0 Å². The summed E-state index contributed by atoms with van der Waals surface area (Å²) in [6.07, 6.45) is 2.63. The van der Waals surface area contributed by atoms with E-state index in [1.165, 1.54) is 6.26 Å². The molecule has 5 N–H and O–H groups in total. The maximum Gasteiger partial charge on any atom is 0.301 e. The van der Waals surface area contributed by atoms with Crippen LogP contribution in [0.15, 0.2) is 16.7 Å². The number of likely N-dealkylation sites (tertiary alicyclic amines) is 1. The molecule has 0 aliphatic carbocycles. The molecule has 6 heteroatoms. The number of hydrogen-bond acceptors (Lipinski definition) is 5. The lowest BCUT2D eigenvalue weighted by Crippen LogP contribution is -2.31. The molecule has 1 aliphatic heterocycles. The summed E-state index contributed by atoms with van der Waals surface area (Å²) in [5.74, 6) is 5.56. The highest BCUT2D eigenvalue weighted by Crippen LogP contribution is 2.20. The number of nitrogens with two attached hydrogens (primary N) is 2. The molecule has 0 aromatic carbocycles. The molecule has 1 atom stereocenters. The zero-order valence-corrected chi connectivity index (χ0v) is 9.69. The van der Waals surface area contributed by atoms with Gasteiger partial charge in [0.05, 0.1) is 6.26 Å². The number of carbonyl (C=O) groups is 1. The second-order valence-electron chi connectivity index (χ2n) is 4.37. The summed E-state index contributed by atoms with van der Waals surface area (Å²) in [6.45, 7) is 3.41. The van der Waals surface area contributed by atoms with Gasteiger partial charge in [-0.05, 0) is 31.5 Å². The van der Waals surface area contributed by atoms with E-state index in [2.05, 4.69) is 10.3 Å². The molecule has 1 aromatic rings. The van der Waals surface area contributed by atoms with Gasteiger partial charge in [0.25, 0.3) is 0 Å². The van der Waals surface area contributed by atoms with E-state index < -0.39 is 0 Å². The molecule has 2 heterocycles. The Morgan fingerprint density at radius 2 is 2.47 bits per heavy atom. The van der Waals surface area contributed by atoms with Crippen molar-refractivity contribution < 1.29 is 9.21 Å². The van der Waals surface area contributed by atoms with E-state index in [9.17, 15) is 4.79 Å². The molecule has 1 aliphatic rings. The SMILES string of the molecule is NCC1CCN(Cc2ccoc2C(=O)NN)C1. The molecule has 1 saturated heterocycles. The summed E-state index contributed by atoms with van der Waals surface area (Å²) < 4.78 is 5.14. The van der Waals surface area contributed by atoms with Crippen molar-refractivity contribution in [1.29, 1.82) is 0 Å². The van der Waals surface area contributed by atoms with Crippen LogP contribution in [-0.2, 0) is 6.54 Å². The van der Waals surface area contributed by atoms with Gasteiger partial charge in [-0.15, -0.1) is 0 Å². The summed E-state index contributed by atoms with van der Waals surface area (Å²) in [6, 6.07) is 1.81. The molecule has 1 aromatic heterocycles. The third-order valence-corrected chi connectivity index (χ3v) is 3.18. The third kappa shape index (κ3) is 2.66. The van der Waals surface area contributed by atoms with Crippen molar-refractivity contribution in [3.05, 3.63) is 23.7 Å². The highest BCUT2D eigenvalue weighted by Gasteiger charge is 2.23. The van der Waals surface area contributed by atoms with E-state index in [1.54, 1.807) is 6.07 Å². The standard InChI is InChI=1S/C11H18N4O2/c12-5-8-1-3-15(6-8)7-9-2-4-17-10(9)11(16)14-13/h2,4,8H,1,3,5-7,12-13H2,(H,14,16). The van der Waals surface area contributed by atoms with Crippen LogP contribution < -0.4 is 17.0 Å². The van der Waals surface area contributed by atoms with Gasteiger partial charge >= 0.3 is 5.91 Å². The predicted octanol–water partition coefficient (Wildman–Crippen LogP) is -0.336. The smallest absolute Gasteiger partial charge is 0.301 e. The Bertz CT molecular complexity index is 391. The summed E-state index contributed by atoms with van der Waals surface area (Å²) >= 11 is 0. The Morgan fingerprint density at radius 1 is 1.65 bits per heavy atom. The highest BCUT2D eigenvalue weighted by molar-refractivity contribution is 5.92. The molecule has 0 radical (unpaired) electrons. The lowest BCUT2D eigenvalue weighted by molar-refractivity contribution is 0.0923. The van der Waals surface area contributed by atoms with E-state index in [-0.39, 0.29) is 5.91 Å². The number of hydrogen-bond donors (Lipinski definition) is 3. The Balaban J connectivity index is 2.00. The van der Waals surface area contributed by atoms with Gasteiger partial charge in [-0.3, -0.25) is 15.1 Å². The molecular formula is C11H18N4O2. The van der Waals surface area contributed by atoms with Gasteiger partial charge in [-0.2, -0.15) is 0 Å². The molecule has 0 spiro atoms. The van der Waals surface area contributed by atoms with Crippen LogP contribution in [0, 0.1) is 5.92 Å². The van der Waals surface area contributed by atoms with E-state index in [0.717, 1.165) is 31.6 Å². The minimum atomic E-state index is -0.389. The first-order valence-electron chi connectivity index (χ1n) is 5.74. The quantitative estimate of drug-likeness (QED) is 0.379. The van der Waals surface area contributed by atoms with Crippen molar-refractivity contribution in [3.63, 3.8) is 0 Å². The molecule has 1 unspecified atom stereocenters. The second kappa shape index (κ2) is 5.31. The largest absolute Gasteiger partial charge is 0.459 e. The molecule has 2 rings (SSSR count). The molecular weight excluding hydrogens is 220 g/mol. The van der Waals surface area contributed by atoms with Gasteiger partial charge in [0.15, 0.2) is 5.76 Å². The lowest BCUT2D eigenvalue weighted by atomic mass is 10.1. The zero-order valence-electron chi connectivity index (χ0n) is 9.69. The van der Waals surface area contributed by atoms with Crippen molar-refractivity contribution in [3.8, 4) is 0 Å². The number of nitrogen functional groups attached to an aromatic ring is 1. The Hall–Kier alpha value is -1.37. The topological polar surface area (TPSA) is 97.5 Å². The molecule has 0 bridgehead atoms. The van der Waals surface area contributed by atoms with Crippen LogP contribution in [0.3, 0.4) is 0 Å². The van der Waals surface area contributed by atoms with Crippen LogP contribution in [0.2, 0.25) is 0 Å². The van der Waals surface area contributed by atoms with Gasteiger partial charge in [0.1, 0.15) is 0 Å². The van der Waals surface area contributed by atoms with Crippen LogP contribution in [0.5, 0.6) is 0 Å². The van der Waals surface area contributed by atoms with Gasteiger partial charge in [0, 0.05) is 18.7 Å². The maximum atomic E-state index is 11.4. The maximum absolute atomic E-state index is 11.4. The Morgan fingerprint density at radius 3 is 3.12 bits per heavy atom. The van der Waals surface area contributed by atoms with Crippen LogP contribution in [0.25, 0.3) is 0 Å². The summed E-state index contributed by atoms with van der Waals surface area (Å²) in [4.78, 5) is 13.7. The first-order chi connectivity index (χ1) is 8.24. The number of nitrogens with zero attached hydrogens (tertiary/aromatic N) is 1. The average Bonchev–Trinajstić information content (AvgIpc) is 2.97. The van der Waals surface area contributed by atoms with Gasteiger partial charge in [-0.25, -0.2) is 5.84 Å². The Labute approximate surface area is 99.9 Å². The highest BCUT2D eigenvalue weighted by atomic mass is 16.3. The fourth-order valence-corrected chi connectivity index (χ4v) is 2.21. The van der Waals surface area contributed by atoms with Crippen molar-refractivity contribution >= 4 is 5.91 Å². The van der Waals surface area contributed by atoms with Crippen LogP contribution in [0.1, 0.15) is 22.5 Å². The minimum Gasteiger partial charge on any atom is -0.459 e. The molecule has 1 amide bonds. The zero-order chi connectivity index (χ0) is 12.3. The fraction of sp³-hybridized carbons (Fsp3) is 0.545. The molecule has 0 saturated carbocycles. The lowest BCUT2D eigenvalue weighted by Gasteiger charge is -2.15. The third-order valence-electron chi connectivity index (χ3n) is 3.18. The van der Waals surface area contributed by atoms with E-state index >= 15 is 0 Å². The van der Waals surface area contributed by atoms with Crippen molar-refractivity contribution in [1.82, 2.24) is 10.3 Å². The number of nitrogens with one attached hydrogen (secondary N) is 1. The number of furan rings is 1.